The van der Waals surface area contributed by atoms with Gasteiger partial charge in [0.1, 0.15) is 5.60 Å². The molecule has 0 aromatic carbocycles. The summed E-state index contributed by atoms with van der Waals surface area (Å²) in [5, 5.41) is 11.4. The first kappa shape index (κ1) is 27.2. The van der Waals surface area contributed by atoms with Gasteiger partial charge in [0.25, 0.3) is 0 Å². The summed E-state index contributed by atoms with van der Waals surface area (Å²) in [6.45, 7) is 17.8. The summed E-state index contributed by atoms with van der Waals surface area (Å²) in [6.07, 6.45) is 13.3. The second-order valence-electron chi connectivity index (χ2n) is 14.7. The molecule has 6 heteroatoms. The normalized spacial score (nSPS) is 48.5. The van der Waals surface area contributed by atoms with Crippen LogP contribution in [-0.2, 0) is 14.3 Å². The molecule has 4 saturated carbocycles. The zero-order chi connectivity index (χ0) is 26.8. The monoisotopic (exact) mass is 529 g/mol. The van der Waals surface area contributed by atoms with Gasteiger partial charge in [0.05, 0.1) is 45.0 Å². The van der Waals surface area contributed by atoms with E-state index in [1.54, 1.807) is 6.92 Å². The van der Waals surface area contributed by atoms with Crippen LogP contribution in [0.25, 0.3) is 0 Å². The standard InChI is InChI=1S/C32H53N2O4/c1-5-14-34(15-6-7-16-34)25-20-27-26-9-8-24-19-29(36)28(33-12-17-37-18-13-33)22-31(24,4)32(26,38-23(2)35)11-10-30(27,3)21-25/h5,24-29,36H,1,6-22H2,2-4H3/q+1/t24?,25?,26?,27?,28?,29?,30-,31+,32?/m1/s1. The van der Waals surface area contributed by atoms with Crippen molar-refractivity contribution in [2.45, 2.75) is 109 Å². The smallest absolute Gasteiger partial charge is 0.303 e. The molecule has 9 atom stereocenters. The molecule has 0 radical (unpaired) electrons. The third-order valence-electron chi connectivity index (χ3n) is 13.1. The number of carbonyl (C=O) groups excluding carboxylic acids is 1. The van der Waals surface area contributed by atoms with Gasteiger partial charge in [-0.3, -0.25) is 9.69 Å². The average molecular weight is 530 g/mol. The summed E-state index contributed by atoms with van der Waals surface area (Å²) in [5.41, 5.74) is -0.195. The van der Waals surface area contributed by atoms with Gasteiger partial charge in [-0.2, -0.15) is 0 Å². The molecule has 0 bridgehead atoms. The lowest BCUT2D eigenvalue weighted by molar-refractivity contribution is -0.935. The van der Waals surface area contributed by atoms with Gasteiger partial charge in [0, 0.05) is 63.1 Å². The Hall–Kier alpha value is -0.950. The number of hydrogen-bond acceptors (Lipinski definition) is 5. The number of hydrogen-bond donors (Lipinski definition) is 1. The molecular formula is C32H53N2O4+. The van der Waals surface area contributed by atoms with Crippen molar-refractivity contribution in [3.63, 3.8) is 0 Å². The topological polar surface area (TPSA) is 59.0 Å². The molecular weight excluding hydrogens is 476 g/mol. The maximum atomic E-state index is 12.9. The fourth-order valence-electron chi connectivity index (χ4n) is 11.3. The maximum Gasteiger partial charge on any atom is 0.303 e. The molecule has 2 aliphatic heterocycles. The molecule has 6 nitrogen and oxygen atoms in total. The van der Waals surface area contributed by atoms with Crippen molar-refractivity contribution < 1.29 is 23.9 Å². The molecule has 0 amide bonds. The number of likely N-dealkylation sites (tertiary alicyclic amines) is 1. The number of ether oxygens (including phenoxy) is 2. The summed E-state index contributed by atoms with van der Waals surface area (Å²) in [7, 11) is 0. The Bertz CT molecular complexity index is 913. The van der Waals surface area contributed by atoms with Crippen LogP contribution < -0.4 is 0 Å². The van der Waals surface area contributed by atoms with Gasteiger partial charge in [0.15, 0.2) is 0 Å². The number of esters is 1. The van der Waals surface area contributed by atoms with E-state index in [2.05, 4.69) is 31.4 Å². The quantitative estimate of drug-likeness (QED) is 0.322. The minimum Gasteiger partial charge on any atom is -0.458 e. The van der Waals surface area contributed by atoms with E-state index in [0.29, 0.717) is 29.2 Å². The van der Waals surface area contributed by atoms with Crippen molar-refractivity contribution in [2.24, 2.45) is 28.6 Å². The van der Waals surface area contributed by atoms with Gasteiger partial charge >= 0.3 is 5.97 Å². The van der Waals surface area contributed by atoms with Crippen LogP contribution in [0.5, 0.6) is 0 Å². The Morgan fingerprint density at radius 3 is 2.53 bits per heavy atom. The van der Waals surface area contributed by atoms with Gasteiger partial charge in [-0.05, 0) is 61.9 Å². The van der Waals surface area contributed by atoms with Crippen LogP contribution >= 0.6 is 0 Å². The lowest BCUT2D eigenvalue weighted by Crippen LogP contribution is -2.69. The van der Waals surface area contributed by atoms with Crippen molar-refractivity contribution in [3.05, 3.63) is 12.7 Å². The largest absolute Gasteiger partial charge is 0.458 e. The van der Waals surface area contributed by atoms with Crippen LogP contribution in [0.1, 0.15) is 85.0 Å². The minimum atomic E-state index is -0.417. The Morgan fingerprint density at radius 2 is 1.84 bits per heavy atom. The number of aliphatic hydroxyl groups excluding tert-OH is 1. The summed E-state index contributed by atoms with van der Waals surface area (Å²) >= 11 is 0. The van der Waals surface area contributed by atoms with E-state index in [9.17, 15) is 9.90 Å². The van der Waals surface area contributed by atoms with Crippen LogP contribution in [0.2, 0.25) is 0 Å². The summed E-state index contributed by atoms with van der Waals surface area (Å²) in [4.78, 5) is 15.4. The first-order valence-electron chi connectivity index (χ1n) is 15.8. The third-order valence-corrected chi connectivity index (χ3v) is 13.1. The minimum absolute atomic E-state index is 0.107. The highest BCUT2D eigenvalue weighted by Crippen LogP contribution is 2.70. The Labute approximate surface area is 230 Å². The SMILES string of the molecule is C=CC[N+]1(C2CC3C4CCC5CC(O)C(N6CCOCC6)C[C@]5(C)C4(OC(C)=O)CC[C@]3(C)C2)CCCC1. The first-order chi connectivity index (χ1) is 18.2. The van der Waals surface area contributed by atoms with Gasteiger partial charge in [-0.15, -0.1) is 0 Å². The van der Waals surface area contributed by atoms with E-state index in [4.69, 9.17) is 9.47 Å². The van der Waals surface area contributed by atoms with Gasteiger partial charge in [0.2, 0.25) is 0 Å². The molecule has 2 heterocycles. The highest BCUT2D eigenvalue weighted by atomic mass is 16.6. The molecule has 6 fully saturated rings. The molecule has 2 saturated heterocycles. The summed E-state index contributed by atoms with van der Waals surface area (Å²) in [6, 6.07) is 0.834. The van der Waals surface area contributed by atoms with Crippen molar-refractivity contribution in [1.29, 1.82) is 0 Å². The van der Waals surface area contributed by atoms with Gasteiger partial charge in [-0.25, -0.2) is 0 Å². The van der Waals surface area contributed by atoms with Crippen LogP contribution in [0.15, 0.2) is 12.7 Å². The molecule has 0 aromatic heterocycles. The summed E-state index contributed by atoms with van der Waals surface area (Å²) in [5.74, 6) is 1.32. The van der Waals surface area contributed by atoms with Gasteiger partial charge in [-0.1, -0.05) is 20.4 Å². The van der Waals surface area contributed by atoms with E-state index >= 15 is 0 Å². The Balaban J connectivity index is 1.35. The second kappa shape index (κ2) is 9.85. The highest BCUT2D eigenvalue weighted by molar-refractivity contribution is 5.67. The van der Waals surface area contributed by atoms with Crippen LogP contribution in [0.4, 0.5) is 0 Å². The third kappa shape index (κ3) is 4.06. The molecule has 7 unspecified atom stereocenters. The molecule has 0 aromatic rings. The zero-order valence-electron chi connectivity index (χ0n) is 24.3. The van der Waals surface area contributed by atoms with Gasteiger partial charge < -0.3 is 19.1 Å². The Morgan fingerprint density at radius 1 is 1.11 bits per heavy atom. The Kier molecular flexibility index (Phi) is 7.06. The van der Waals surface area contributed by atoms with E-state index in [-0.39, 0.29) is 23.5 Å². The number of rotatable bonds is 5. The summed E-state index contributed by atoms with van der Waals surface area (Å²) < 4.78 is 13.6. The molecule has 214 valence electrons. The van der Waals surface area contributed by atoms with Crippen LogP contribution in [-0.4, -0.2) is 90.2 Å². The lowest BCUT2D eigenvalue weighted by Gasteiger charge is -2.67. The molecule has 0 spiro atoms. The molecule has 6 rings (SSSR count). The van der Waals surface area contributed by atoms with E-state index in [1.807, 2.05) is 0 Å². The predicted octanol–water partition coefficient (Wildman–Crippen LogP) is 4.55. The number of morpholine rings is 1. The molecule has 4 aliphatic carbocycles. The van der Waals surface area contributed by atoms with E-state index < -0.39 is 5.60 Å². The number of fused-ring (bicyclic) bond motifs is 5. The maximum absolute atomic E-state index is 12.9. The number of nitrogens with zero attached hydrogens (tertiary/aromatic N) is 2. The van der Waals surface area contributed by atoms with Crippen molar-refractivity contribution in [1.82, 2.24) is 4.90 Å². The van der Waals surface area contributed by atoms with Crippen molar-refractivity contribution in [2.75, 3.05) is 45.9 Å². The molecule has 6 aliphatic rings. The highest BCUT2D eigenvalue weighted by Gasteiger charge is 2.70. The fraction of sp³-hybridized carbons (Fsp3) is 0.906. The van der Waals surface area contributed by atoms with E-state index in [0.717, 1.165) is 71.4 Å². The first-order valence-corrected chi connectivity index (χ1v) is 15.8. The number of carbonyl (C=O) groups is 1. The van der Waals surface area contributed by atoms with Crippen LogP contribution in [0, 0.1) is 28.6 Å². The zero-order valence-corrected chi connectivity index (χ0v) is 24.3. The second-order valence-corrected chi connectivity index (χ2v) is 14.7. The molecule has 1 N–H and O–H groups in total. The molecule has 38 heavy (non-hydrogen) atoms. The van der Waals surface area contributed by atoms with E-state index in [1.165, 1.54) is 43.3 Å². The number of aliphatic hydroxyl groups is 1. The fourth-order valence-corrected chi connectivity index (χ4v) is 11.3. The predicted molar refractivity (Wildman–Crippen MR) is 148 cm³/mol. The lowest BCUT2D eigenvalue weighted by atomic mass is 9.42. The van der Waals surface area contributed by atoms with Crippen molar-refractivity contribution in [3.8, 4) is 0 Å². The average Bonchev–Trinajstić information content (AvgIpc) is 3.50. The number of quaternary nitrogens is 1. The van der Waals surface area contributed by atoms with Crippen molar-refractivity contribution >= 4 is 5.97 Å². The van der Waals surface area contributed by atoms with Crippen LogP contribution in [0.3, 0.4) is 0 Å².